The normalized spacial score (nSPS) is 11.0. The Morgan fingerprint density at radius 2 is 0.851 bits per heavy atom. The van der Waals surface area contributed by atoms with Crippen molar-refractivity contribution in [3.8, 4) is 30.3 Å². The maximum Gasteiger partial charge on any atom is 0.319 e. The Kier molecular flexibility index (Phi) is 20.4. The van der Waals surface area contributed by atoms with Crippen molar-refractivity contribution in [3.63, 3.8) is 0 Å². The predicted molar refractivity (Wildman–Crippen MR) is 355 cm³/mol. The zero-order valence-corrected chi connectivity index (χ0v) is 52.3. The SMILES string of the molecule is Cc1cc2cc(C#N)ccc2[nH]1.Cc1cc2cc(C#N)ccc2n1C(F)F.Cc1cc2cc(C#N)ccc2n1S(=O)(=O)c1ccccc1.Cc1cc2cc(CN)ccc2n1C(F)F.N#Cc1ccc2[nH]ccc2c1.N#Cc1ccc2c(ccn2S(=O)(=O)c2ccccc2)c1. The molecule has 94 heavy (non-hydrogen) atoms. The molecule has 8 aromatic carbocycles. The molecule has 16 nitrogen and oxygen atoms in total. The van der Waals surface area contributed by atoms with Crippen LogP contribution in [0.15, 0.2) is 228 Å². The predicted octanol–water partition coefficient (Wildman–Crippen LogP) is 16.2. The minimum Gasteiger partial charge on any atom is -0.361 e. The summed E-state index contributed by atoms with van der Waals surface area (Å²) in [7, 11) is -7.25. The van der Waals surface area contributed by atoms with Crippen LogP contribution >= 0.6 is 0 Å². The van der Waals surface area contributed by atoms with Gasteiger partial charge < -0.3 is 15.7 Å². The van der Waals surface area contributed by atoms with Crippen molar-refractivity contribution in [1.82, 2.24) is 27.0 Å². The van der Waals surface area contributed by atoms with Gasteiger partial charge in [0.05, 0.1) is 90.0 Å². The van der Waals surface area contributed by atoms with Crippen LogP contribution in [0, 0.1) is 84.4 Å². The molecule has 0 saturated heterocycles. The van der Waals surface area contributed by atoms with E-state index in [9.17, 15) is 34.4 Å². The van der Waals surface area contributed by atoms with E-state index in [4.69, 9.17) is 32.0 Å². The van der Waals surface area contributed by atoms with Crippen LogP contribution < -0.4 is 5.73 Å². The minimum absolute atomic E-state index is 0.238. The summed E-state index contributed by atoms with van der Waals surface area (Å²) in [5.74, 6) is 0. The number of fused-ring (bicyclic) bond motifs is 6. The van der Waals surface area contributed by atoms with Gasteiger partial charge in [0.15, 0.2) is 0 Å². The van der Waals surface area contributed by atoms with Crippen molar-refractivity contribution in [2.75, 3.05) is 0 Å². The Bertz CT molecular complexity index is 5560. The average Bonchev–Trinajstić information content (AvgIpc) is 1.59. The first-order valence-corrected chi connectivity index (χ1v) is 31.5. The number of aromatic nitrogens is 6. The molecular formula is C72H56F4N12O4S2. The number of hydrogen-bond donors (Lipinski definition) is 3. The molecule has 0 aliphatic carbocycles. The molecule has 22 heteroatoms. The van der Waals surface area contributed by atoms with Crippen molar-refractivity contribution in [1.29, 1.82) is 26.3 Å². The summed E-state index contributed by atoms with van der Waals surface area (Å²) in [5.41, 5.74) is 16.5. The van der Waals surface area contributed by atoms with Crippen LogP contribution in [0.1, 0.15) is 69.3 Å². The van der Waals surface area contributed by atoms with E-state index in [0.717, 1.165) is 58.4 Å². The molecule has 0 bridgehead atoms. The van der Waals surface area contributed by atoms with Gasteiger partial charge in [-0.05, 0) is 197 Å². The Morgan fingerprint density at radius 1 is 0.426 bits per heavy atom. The highest BCUT2D eigenvalue weighted by Crippen LogP contribution is 2.30. The Hall–Kier alpha value is -12.0. The minimum atomic E-state index is -3.64. The van der Waals surface area contributed by atoms with Gasteiger partial charge in [0, 0.05) is 85.1 Å². The highest BCUT2D eigenvalue weighted by Gasteiger charge is 2.22. The quantitative estimate of drug-likeness (QED) is 0.127. The van der Waals surface area contributed by atoms with Gasteiger partial charge in [-0.1, -0.05) is 42.5 Å². The van der Waals surface area contributed by atoms with Gasteiger partial charge in [0.1, 0.15) is 0 Å². The first kappa shape index (κ1) is 66.4. The first-order chi connectivity index (χ1) is 45.1. The zero-order chi connectivity index (χ0) is 67.4. The molecule has 0 amide bonds. The standard InChI is InChI=1S/C16H12N2O2S.C15H10N2O2S.C11H12F2N2.C11H8F2N2.C10H8N2.C9H6N2/c1-12-9-14-10-13(11-17)7-8-16(14)18(12)21(19,20)15-5-3-2-4-6-15;16-11-12-6-7-15-13(10-12)8-9-17(15)20(18,19)14-4-2-1-3-5-14;2*1-7-4-9-5-8(6-14)2-3-10(9)15(7)11(12)13;1-7-4-9-5-8(6-11)2-3-10(9)12-7;10-6-7-1-2-9-8(5-7)3-4-11-9/h2-10H,1H3;1-10H;2-5,11H,6,14H2,1H3;2-5,11H,1H3;2-5,12H,1H3;1-5,11H. The van der Waals surface area contributed by atoms with Crippen LogP contribution in [0.5, 0.6) is 0 Å². The monoisotopic (exact) mass is 1290 g/mol. The lowest BCUT2D eigenvalue weighted by atomic mass is 10.1. The lowest BCUT2D eigenvalue weighted by molar-refractivity contribution is 0.0727. The van der Waals surface area contributed by atoms with Crippen LogP contribution in [-0.2, 0) is 26.6 Å². The number of nitrogens with two attached hydrogens (primary N) is 1. The number of H-pyrrole nitrogens is 2. The van der Waals surface area contributed by atoms with E-state index >= 15 is 0 Å². The number of nitriles is 5. The number of benzene rings is 8. The van der Waals surface area contributed by atoms with E-state index in [1.807, 2.05) is 73.8 Å². The Labute approximate surface area is 538 Å². The fourth-order valence-corrected chi connectivity index (χ4v) is 13.4. The van der Waals surface area contributed by atoms with Gasteiger partial charge in [-0.15, -0.1) is 0 Å². The number of aromatic amines is 2. The molecule has 0 aliphatic heterocycles. The molecule has 4 N–H and O–H groups in total. The summed E-state index contributed by atoms with van der Waals surface area (Å²) < 4.78 is 106. The molecule has 6 aromatic heterocycles. The molecule has 0 saturated carbocycles. The molecule has 0 atom stereocenters. The molecule has 14 aromatic rings. The fourth-order valence-electron chi connectivity index (χ4n) is 10.5. The summed E-state index contributed by atoms with van der Waals surface area (Å²) in [6.45, 7) is 2.43. The van der Waals surface area contributed by atoms with Gasteiger partial charge in [-0.2, -0.15) is 43.9 Å². The summed E-state index contributed by atoms with van der Waals surface area (Å²) in [6, 6.07) is 68.9. The Morgan fingerprint density at radius 3 is 1.37 bits per heavy atom. The van der Waals surface area contributed by atoms with Crippen LogP contribution in [0.4, 0.5) is 17.6 Å². The lowest BCUT2D eigenvalue weighted by Gasteiger charge is -2.09. The van der Waals surface area contributed by atoms with E-state index in [0.29, 0.717) is 78.9 Å². The molecule has 0 unspecified atom stereocenters. The highest BCUT2D eigenvalue weighted by molar-refractivity contribution is 7.90. The van der Waals surface area contributed by atoms with Crippen LogP contribution in [0.3, 0.4) is 0 Å². The maximum atomic E-state index is 12.8. The van der Waals surface area contributed by atoms with Gasteiger partial charge in [-0.25, -0.2) is 24.8 Å². The second kappa shape index (κ2) is 28.9. The average molecular weight is 1290 g/mol. The summed E-state index contributed by atoms with van der Waals surface area (Å²) in [4.78, 5) is 6.74. The maximum absolute atomic E-state index is 12.8. The number of nitrogens with one attached hydrogen (secondary N) is 2. The molecule has 0 fully saturated rings. The third kappa shape index (κ3) is 14.6. The zero-order valence-electron chi connectivity index (χ0n) is 50.7. The van der Waals surface area contributed by atoms with E-state index in [-0.39, 0.29) is 9.79 Å². The van der Waals surface area contributed by atoms with Crippen molar-refractivity contribution in [2.45, 2.75) is 57.1 Å². The number of hydrogen-bond acceptors (Lipinski definition) is 10. The third-order valence-corrected chi connectivity index (χ3v) is 18.4. The van der Waals surface area contributed by atoms with Crippen LogP contribution in [0.2, 0.25) is 0 Å². The number of aryl methyl sites for hydroxylation is 4. The summed E-state index contributed by atoms with van der Waals surface area (Å²) >= 11 is 0. The van der Waals surface area contributed by atoms with Crippen molar-refractivity contribution >= 4 is 85.5 Å². The van der Waals surface area contributed by atoms with E-state index in [2.05, 4.69) is 28.2 Å². The van der Waals surface area contributed by atoms with Crippen LogP contribution in [-0.4, -0.2) is 43.9 Å². The van der Waals surface area contributed by atoms with E-state index in [1.54, 1.807) is 178 Å². The number of nitrogens with zero attached hydrogens (tertiary/aromatic N) is 9. The van der Waals surface area contributed by atoms with Crippen molar-refractivity contribution < 1.29 is 34.4 Å². The molecular weight excluding hydrogens is 1240 g/mol. The summed E-state index contributed by atoms with van der Waals surface area (Å²) in [5, 5.41) is 48.8. The van der Waals surface area contributed by atoms with E-state index in [1.165, 1.54) is 14.1 Å². The molecule has 468 valence electrons. The molecule has 6 heterocycles. The number of alkyl halides is 4. The molecule has 14 rings (SSSR count). The second-order valence-electron chi connectivity index (χ2n) is 21.2. The van der Waals surface area contributed by atoms with Crippen LogP contribution in [0.25, 0.3) is 65.4 Å². The van der Waals surface area contributed by atoms with Gasteiger partial charge in [-0.3, -0.25) is 9.13 Å². The smallest absolute Gasteiger partial charge is 0.319 e. The molecule has 0 radical (unpaired) electrons. The van der Waals surface area contributed by atoms with Gasteiger partial charge in [0.25, 0.3) is 20.0 Å². The Balaban J connectivity index is 0.000000135. The van der Waals surface area contributed by atoms with E-state index < -0.39 is 33.1 Å². The molecule has 0 spiro atoms. The van der Waals surface area contributed by atoms with Crippen molar-refractivity contribution in [2.24, 2.45) is 5.73 Å². The highest BCUT2D eigenvalue weighted by atomic mass is 32.2. The number of halogens is 4. The van der Waals surface area contributed by atoms with Gasteiger partial charge >= 0.3 is 13.1 Å². The lowest BCUT2D eigenvalue weighted by Crippen LogP contribution is -2.14. The second-order valence-corrected chi connectivity index (χ2v) is 24.8. The first-order valence-electron chi connectivity index (χ1n) is 28.6. The van der Waals surface area contributed by atoms with Gasteiger partial charge in [0.2, 0.25) is 0 Å². The third-order valence-electron chi connectivity index (χ3n) is 14.9. The van der Waals surface area contributed by atoms with Crippen molar-refractivity contribution in [3.05, 3.63) is 275 Å². The fraction of sp³-hybridized carbons (Fsp3) is 0.0972. The summed E-state index contributed by atoms with van der Waals surface area (Å²) in [6.07, 6.45) is 3.37. The number of rotatable bonds is 7. The largest absolute Gasteiger partial charge is 0.361 e. The topological polar surface area (TPSA) is 265 Å². The molecule has 0 aliphatic rings.